The predicted molar refractivity (Wildman–Crippen MR) is 81.4 cm³/mol. The minimum Gasteiger partial charge on any atom is -0.484 e. The third-order valence-corrected chi connectivity index (χ3v) is 3.17. The van der Waals surface area contributed by atoms with E-state index in [1.54, 1.807) is 11.6 Å². The van der Waals surface area contributed by atoms with Crippen LogP contribution in [0.5, 0.6) is 5.75 Å². The summed E-state index contributed by atoms with van der Waals surface area (Å²) in [6.45, 7) is 0. The van der Waals surface area contributed by atoms with Gasteiger partial charge in [-0.25, -0.2) is 4.98 Å². The highest BCUT2D eigenvalue weighted by atomic mass is 32.1. The van der Waals surface area contributed by atoms with E-state index in [-0.39, 0.29) is 6.10 Å². The van der Waals surface area contributed by atoms with E-state index in [1.165, 1.54) is 0 Å². The van der Waals surface area contributed by atoms with Gasteiger partial charge >= 0.3 is 0 Å². The molecule has 0 aromatic carbocycles. The second-order valence-corrected chi connectivity index (χ2v) is 4.63. The van der Waals surface area contributed by atoms with Crippen LogP contribution in [0.4, 0.5) is 0 Å². The van der Waals surface area contributed by atoms with Gasteiger partial charge in [0.2, 0.25) is 0 Å². The molecule has 0 spiro atoms. The van der Waals surface area contributed by atoms with Crippen molar-refractivity contribution in [2.75, 3.05) is 0 Å². The van der Waals surface area contributed by atoms with E-state index < -0.39 is 0 Å². The summed E-state index contributed by atoms with van der Waals surface area (Å²) < 4.78 is 5.91. The molecule has 1 N–H and O–H groups in total. The predicted octanol–water partition coefficient (Wildman–Crippen LogP) is 3.73. The molecule has 0 bridgehead atoms. The summed E-state index contributed by atoms with van der Waals surface area (Å²) in [5.41, 5.74) is 1.91. The number of fused-ring (bicyclic) bond motifs is 1. The van der Waals surface area contributed by atoms with Crippen LogP contribution in [0.3, 0.4) is 0 Å². The van der Waals surface area contributed by atoms with Crippen molar-refractivity contribution in [1.29, 1.82) is 0 Å². The molecule has 1 unspecified atom stereocenters. The number of rotatable bonds is 3. The van der Waals surface area contributed by atoms with E-state index in [0.717, 1.165) is 28.8 Å². The molecular formula is C15H14N2OS. The Bertz CT molecular complexity index is 670. The molecule has 2 heterocycles. The lowest BCUT2D eigenvalue weighted by Crippen LogP contribution is -2.13. The second kappa shape index (κ2) is 5.36. The van der Waals surface area contributed by atoms with E-state index >= 15 is 0 Å². The zero-order chi connectivity index (χ0) is 13.1. The number of hydrogen-bond donors (Lipinski definition) is 2. The third kappa shape index (κ3) is 2.58. The largest absolute Gasteiger partial charge is 0.484 e. The highest BCUT2D eigenvalue weighted by molar-refractivity contribution is 7.83. The van der Waals surface area contributed by atoms with Crippen molar-refractivity contribution in [3.05, 3.63) is 53.7 Å². The smallest absolute Gasteiger partial charge is 0.139 e. The minimum atomic E-state index is 0.0899. The van der Waals surface area contributed by atoms with Crippen LogP contribution in [-0.4, -0.2) is 16.1 Å². The zero-order valence-electron chi connectivity index (χ0n) is 10.3. The number of H-pyrrole nitrogens is 1. The van der Waals surface area contributed by atoms with Crippen molar-refractivity contribution in [2.45, 2.75) is 12.5 Å². The Morgan fingerprint density at radius 1 is 1.42 bits per heavy atom. The van der Waals surface area contributed by atoms with Gasteiger partial charge < -0.3 is 9.72 Å². The number of hydrogen-bond acceptors (Lipinski definition) is 3. The summed E-state index contributed by atoms with van der Waals surface area (Å²) in [6, 6.07) is 2.01. The average molecular weight is 270 g/mol. The number of nitrogens with zero attached hydrogens (tertiary/aromatic N) is 1. The van der Waals surface area contributed by atoms with Crippen LogP contribution in [0.15, 0.2) is 48.2 Å². The fraction of sp³-hybridized carbons (Fsp3) is 0.133. The molecule has 3 nitrogen and oxygen atoms in total. The summed E-state index contributed by atoms with van der Waals surface area (Å²) in [6.07, 6.45) is 14.8. The Balaban J connectivity index is 1.89. The first-order chi connectivity index (χ1) is 9.36. The molecule has 0 amide bonds. The normalized spacial score (nSPS) is 18.5. The lowest BCUT2D eigenvalue weighted by atomic mass is 10.1. The maximum Gasteiger partial charge on any atom is 0.139 e. The van der Waals surface area contributed by atoms with Gasteiger partial charge in [0, 0.05) is 23.6 Å². The Hall–Kier alpha value is -1.94. The van der Waals surface area contributed by atoms with Crippen molar-refractivity contribution in [3.8, 4) is 5.75 Å². The van der Waals surface area contributed by atoms with Gasteiger partial charge in [0.05, 0.1) is 6.20 Å². The maximum atomic E-state index is 5.91. The molecule has 3 rings (SSSR count). The molecule has 96 valence electrons. The van der Waals surface area contributed by atoms with E-state index in [1.807, 2.05) is 30.5 Å². The lowest BCUT2D eigenvalue weighted by Gasteiger charge is -2.15. The summed E-state index contributed by atoms with van der Waals surface area (Å²) >= 11 is 4.10. The summed E-state index contributed by atoms with van der Waals surface area (Å²) in [5, 5.41) is 2.75. The first-order valence-electron chi connectivity index (χ1n) is 6.15. The molecule has 0 saturated heterocycles. The molecule has 0 radical (unpaired) electrons. The monoisotopic (exact) mass is 270 g/mol. The van der Waals surface area contributed by atoms with Crippen molar-refractivity contribution >= 4 is 29.7 Å². The van der Waals surface area contributed by atoms with Gasteiger partial charge in [0.25, 0.3) is 0 Å². The Morgan fingerprint density at radius 2 is 2.37 bits per heavy atom. The molecule has 1 atom stereocenters. The molecular weight excluding hydrogens is 256 g/mol. The Kier molecular flexibility index (Phi) is 3.42. The highest BCUT2D eigenvalue weighted by Gasteiger charge is 2.09. The Labute approximate surface area is 117 Å². The van der Waals surface area contributed by atoms with Gasteiger partial charge in [-0.15, -0.1) is 0 Å². The van der Waals surface area contributed by atoms with E-state index in [9.17, 15) is 0 Å². The van der Waals surface area contributed by atoms with E-state index in [0.29, 0.717) is 0 Å². The van der Waals surface area contributed by atoms with Crippen LogP contribution >= 0.6 is 12.6 Å². The topological polar surface area (TPSA) is 37.9 Å². The fourth-order valence-electron chi connectivity index (χ4n) is 2.11. The fourth-order valence-corrected chi connectivity index (χ4v) is 2.27. The van der Waals surface area contributed by atoms with Gasteiger partial charge in [-0.05, 0) is 23.6 Å². The maximum absolute atomic E-state index is 5.91. The molecule has 0 aliphatic heterocycles. The van der Waals surface area contributed by atoms with Gasteiger partial charge in [0.15, 0.2) is 0 Å². The van der Waals surface area contributed by atoms with Crippen LogP contribution in [-0.2, 0) is 0 Å². The van der Waals surface area contributed by atoms with E-state index in [2.05, 4.69) is 34.7 Å². The SMILES string of the molecule is S/C=C/c1c[nH]c2ncc(OC3C=CC=CC3)cc12. The number of thiol groups is 1. The molecule has 19 heavy (non-hydrogen) atoms. The summed E-state index contributed by atoms with van der Waals surface area (Å²) in [4.78, 5) is 7.49. The van der Waals surface area contributed by atoms with Gasteiger partial charge in [-0.3, -0.25) is 0 Å². The standard InChI is InChI=1S/C15H14N2OS/c19-7-6-11-9-16-15-14(11)8-13(10-17-15)18-12-4-2-1-3-5-12/h1-4,6-10,12,19H,5H2,(H,16,17)/b7-6+. The molecule has 4 heteroatoms. The summed E-state index contributed by atoms with van der Waals surface area (Å²) in [7, 11) is 0. The zero-order valence-corrected chi connectivity index (χ0v) is 11.2. The number of aromatic nitrogens is 2. The number of pyridine rings is 1. The Morgan fingerprint density at radius 3 is 3.16 bits per heavy atom. The molecule has 1 aliphatic rings. The molecule has 1 aliphatic carbocycles. The van der Waals surface area contributed by atoms with Crippen molar-refractivity contribution in [1.82, 2.24) is 9.97 Å². The first kappa shape index (κ1) is 12.1. The van der Waals surface area contributed by atoms with E-state index in [4.69, 9.17) is 4.74 Å². The second-order valence-electron chi connectivity index (χ2n) is 4.33. The summed E-state index contributed by atoms with van der Waals surface area (Å²) in [5.74, 6) is 0.783. The molecule has 0 fully saturated rings. The molecule has 2 aromatic rings. The molecule has 2 aromatic heterocycles. The van der Waals surface area contributed by atoms with Gasteiger partial charge in [-0.2, -0.15) is 12.6 Å². The quantitative estimate of drug-likeness (QED) is 0.834. The average Bonchev–Trinajstić information content (AvgIpc) is 2.83. The van der Waals surface area contributed by atoms with Gasteiger partial charge in [0.1, 0.15) is 17.5 Å². The first-order valence-corrected chi connectivity index (χ1v) is 6.66. The third-order valence-electron chi connectivity index (χ3n) is 3.02. The van der Waals surface area contributed by atoms with Crippen LogP contribution in [0, 0.1) is 0 Å². The number of ether oxygens (including phenoxy) is 1. The lowest BCUT2D eigenvalue weighted by molar-refractivity contribution is 0.251. The molecule has 0 saturated carbocycles. The van der Waals surface area contributed by atoms with Crippen LogP contribution < -0.4 is 4.74 Å². The number of allylic oxidation sites excluding steroid dienone is 2. The van der Waals surface area contributed by atoms with Crippen molar-refractivity contribution in [3.63, 3.8) is 0 Å². The number of aromatic amines is 1. The van der Waals surface area contributed by atoms with Crippen LogP contribution in [0.1, 0.15) is 12.0 Å². The van der Waals surface area contributed by atoms with Crippen LogP contribution in [0.25, 0.3) is 17.1 Å². The van der Waals surface area contributed by atoms with Crippen LogP contribution in [0.2, 0.25) is 0 Å². The van der Waals surface area contributed by atoms with Gasteiger partial charge in [-0.1, -0.05) is 18.2 Å². The minimum absolute atomic E-state index is 0.0899. The number of nitrogens with one attached hydrogen (secondary N) is 1. The van der Waals surface area contributed by atoms with Crippen molar-refractivity contribution < 1.29 is 4.74 Å². The highest BCUT2D eigenvalue weighted by Crippen LogP contribution is 2.24. The van der Waals surface area contributed by atoms with Crippen molar-refractivity contribution in [2.24, 2.45) is 0 Å².